The monoisotopic (exact) mass is 221 g/mol. The van der Waals surface area contributed by atoms with Crippen LogP contribution in [0, 0.1) is 5.41 Å². The Balaban J connectivity index is 2.55. The third kappa shape index (κ3) is 4.82. The van der Waals surface area contributed by atoms with Crippen molar-refractivity contribution in [3.8, 4) is 0 Å². The van der Waals surface area contributed by atoms with Crippen LogP contribution in [0.1, 0.15) is 32.8 Å². The highest BCUT2D eigenvalue weighted by Crippen LogP contribution is 2.22. The average Bonchev–Trinajstić information content (AvgIpc) is 2.14. The molecule has 0 aromatic heterocycles. The van der Waals surface area contributed by atoms with Gasteiger partial charge in [-0.3, -0.25) is 5.32 Å². The van der Waals surface area contributed by atoms with Crippen LogP contribution in [0.3, 0.4) is 0 Å². The van der Waals surface area contributed by atoms with Gasteiger partial charge in [0.1, 0.15) is 0 Å². The van der Waals surface area contributed by atoms with E-state index in [1.807, 2.05) is 12.1 Å². The van der Waals surface area contributed by atoms with E-state index >= 15 is 0 Å². The Kier molecular flexibility index (Phi) is 3.93. The van der Waals surface area contributed by atoms with Gasteiger partial charge in [-0.1, -0.05) is 32.9 Å². The van der Waals surface area contributed by atoms with E-state index in [4.69, 9.17) is 5.11 Å². The lowest BCUT2D eigenvalue weighted by atomic mass is 9.89. The minimum Gasteiger partial charge on any atom is -0.465 e. The SMILES string of the molecule is CC(C)(C)CCc1ccc(NC(=O)O)cc1. The van der Waals surface area contributed by atoms with Crippen molar-refractivity contribution in [2.24, 2.45) is 5.41 Å². The summed E-state index contributed by atoms with van der Waals surface area (Å²) in [5.74, 6) is 0. The van der Waals surface area contributed by atoms with E-state index in [0.29, 0.717) is 11.1 Å². The number of anilines is 1. The van der Waals surface area contributed by atoms with Crippen molar-refractivity contribution >= 4 is 11.8 Å². The predicted molar refractivity (Wildman–Crippen MR) is 65.9 cm³/mol. The summed E-state index contributed by atoms with van der Waals surface area (Å²) >= 11 is 0. The van der Waals surface area contributed by atoms with Gasteiger partial charge in [-0.05, 0) is 36.0 Å². The van der Waals surface area contributed by atoms with Crippen LogP contribution in [0.4, 0.5) is 10.5 Å². The van der Waals surface area contributed by atoms with Gasteiger partial charge in [0.05, 0.1) is 0 Å². The molecule has 0 unspecified atom stereocenters. The zero-order valence-corrected chi connectivity index (χ0v) is 10.1. The van der Waals surface area contributed by atoms with Crippen LogP contribution in [0.5, 0.6) is 0 Å². The molecule has 1 aromatic rings. The topological polar surface area (TPSA) is 49.3 Å². The van der Waals surface area contributed by atoms with Crippen molar-refractivity contribution in [1.29, 1.82) is 0 Å². The van der Waals surface area contributed by atoms with E-state index in [-0.39, 0.29) is 0 Å². The first kappa shape index (κ1) is 12.6. The highest BCUT2D eigenvalue weighted by atomic mass is 16.4. The van der Waals surface area contributed by atoms with E-state index in [0.717, 1.165) is 12.8 Å². The molecule has 3 nitrogen and oxygen atoms in total. The van der Waals surface area contributed by atoms with Gasteiger partial charge in [0, 0.05) is 5.69 Å². The fourth-order valence-electron chi connectivity index (χ4n) is 1.40. The Morgan fingerprint density at radius 1 is 1.25 bits per heavy atom. The average molecular weight is 221 g/mol. The summed E-state index contributed by atoms with van der Waals surface area (Å²) in [5, 5.41) is 10.9. The van der Waals surface area contributed by atoms with E-state index in [1.165, 1.54) is 5.56 Å². The maximum Gasteiger partial charge on any atom is 0.409 e. The molecule has 0 radical (unpaired) electrons. The number of carboxylic acid groups (broad SMARTS) is 1. The Morgan fingerprint density at radius 2 is 1.81 bits per heavy atom. The number of benzene rings is 1. The van der Waals surface area contributed by atoms with Gasteiger partial charge in [-0.25, -0.2) is 4.79 Å². The van der Waals surface area contributed by atoms with Gasteiger partial charge in [0.2, 0.25) is 0 Å². The van der Waals surface area contributed by atoms with E-state index in [2.05, 4.69) is 26.1 Å². The summed E-state index contributed by atoms with van der Waals surface area (Å²) in [4.78, 5) is 10.4. The molecule has 0 fully saturated rings. The Labute approximate surface area is 96.5 Å². The molecule has 0 heterocycles. The molecule has 0 aliphatic heterocycles. The lowest BCUT2D eigenvalue weighted by Gasteiger charge is -2.17. The van der Waals surface area contributed by atoms with Crippen molar-refractivity contribution in [2.75, 3.05) is 5.32 Å². The third-order valence-corrected chi connectivity index (χ3v) is 2.37. The maximum atomic E-state index is 10.4. The molecule has 0 bridgehead atoms. The minimum absolute atomic E-state index is 0.331. The van der Waals surface area contributed by atoms with Crippen molar-refractivity contribution in [3.63, 3.8) is 0 Å². The Hall–Kier alpha value is -1.51. The molecule has 0 atom stereocenters. The van der Waals surface area contributed by atoms with Gasteiger partial charge >= 0.3 is 6.09 Å². The number of nitrogens with one attached hydrogen (secondary N) is 1. The molecule has 0 aliphatic rings. The van der Waals surface area contributed by atoms with Crippen molar-refractivity contribution in [2.45, 2.75) is 33.6 Å². The van der Waals surface area contributed by atoms with Gasteiger partial charge in [-0.2, -0.15) is 0 Å². The number of amides is 1. The predicted octanol–water partition coefficient (Wildman–Crippen LogP) is 3.76. The van der Waals surface area contributed by atoms with E-state index < -0.39 is 6.09 Å². The summed E-state index contributed by atoms with van der Waals surface area (Å²) in [7, 11) is 0. The number of hydrogen-bond acceptors (Lipinski definition) is 1. The highest BCUT2D eigenvalue weighted by Gasteiger charge is 2.09. The van der Waals surface area contributed by atoms with Crippen LogP contribution >= 0.6 is 0 Å². The Bertz CT molecular complexity index is 349. The summed E-state index contributed by atoms with van der Waals surface area (Å²) in [6.07, 6.45) is 1.12. The lowest BCUT2D eigenvalue weighted by molar-refractivity contribution is 0.210. The lowest BCUT2D eigenvalue weighted by Crippen LogP contribution is -2.08. The Morgan fingerprint density at radius 3 is 2.25 bits per heavy atom. The molecular formula is C13H19NO2. The largest absolute Gasteiger partial charge is 0.465 e. The second-order valence-electron chi connectivity index (χ2n) is 5.19. The fraction of sp³-hybridized carbons (Fsp3) is 0.462. The molecule has 2 N–H and O–H groups in total. The molecular weight excluding hydrogens is 202 g/mol. The van der Waals surface area contributed by atoms with Crippen LogP contribution < -0.4 is 5.32 Å². The quantitative estimate of drug-likeness (QED) is 0.816. The van der Waals surface area contributed by atoms with E-state index in [9.17, 15) is 4.79 Å². The minimum atomic E-state index is -1.03. The highest BCUT2D eigenvalue weighted by molar-refractivity contribution is 5.82. The number of carbonyl (C=O) groups is 1. The first-order valence-electron chi connectivity index (χ1n) is 5.46. The van der Waals surface area contributed by atoms with Crippen LogP contribution in [-0.2, 0) is 6.42 Å². The molecule has 0 saturated carbocycles. The van der Waals surface area contributed by atoms with Gasteiger partial charge in [0.25, 0.3) is 0 Å². The van der Waals surface area contributed by atoms with Gasteiger partial charge in [0.15, 0.2) is 0 Å². The summed E-state index contributed by atoms with van der Waals surface area (Å²) in [5.41, 5.74) is 2.19. The molecule has 0 saturated heterocycles. The van der Waals surface area contributed by atoms with Crippen molar-refractivity contribution < 1.29 is 9.90 Å². The summed E-state index contributed by atoms with van der Waals surface area (Å²) in [6, 6.07) is 7.53. The first-order chi connectivity index (χ1) is 7.37. The first-order valence-corrected chi connectivity index (χ1v) is 5.46. The number of hydrogen-bond donors (Lipinski definition) is 2. The van der Waals surface area contributed by atoms with Crippen LogP contribution in [0.25, 0.3) is 0 Å². The number of rotatable bonds is 3. The normalized spacial score (nSPS) is 11.2. The zero-order chi connectivity index (χ0) is 12.2. The van der Waals surface area contributed by atoms with Crippen LogP contribution in [0.2, 0.25) is 0 Å². The second-order valence-corrected chi connectivity index (χ2v) is 5.19. The zero-order valence-electron chi connectivity index (χ0n) is 10.1. The standard InChI is InChI=1S/C13H19NO2/c1-13(2,3)9-8-10-4-6-11(7-5-10)14-12(15)16/h4-7,14H,8-9H2,1-3H3,(H,15,16). The van der Waals surface area contributed by atoms with Crippen molar-refractivity contribution in [3.05, 3.63) is 29.8 Å². The smallest absolute Gasteiger partial charge is 0.409 e. The van der Waals surface area contributed by atoms with Gasteiger partial charge in [-0.15, -0.1) is 0 Å². The van der Waals surface area contributed by atoms with Crippen LogP contribution in [-0.4, -0.2) is 11.2 Å². The summed E-state index contributed by atoms with van der Waals surface area (Å²) in [6.45, 7) is 6.65. The fourth-order valence-corrected chi connectivity index (χ4v) is 1.40. The molecule has 1 amide bonds. The van der Waals surface area contributed by atoms with E-state index in [1.54, 1.807) is 12.1 Å². The second kappa shape index (κ2) is 5.01. The number of aryl methyl sites for hydroxylation is 1. The molecule has 88 valence electrons. The molecule has 0 aliphatic carbocycles. The third-order valence-electron chi connectivity index (χ3n) is 2.37. The van der Waals surface area contributed by atoms with Crippen molar-refractivity contribution in [1.82, 2.24) is 0 Å². The molecule has 1 rings (SSSR count). The molecule has 1 aromatic carbocycles. The molecule has 16 heavy (non-hydrogen) atoms. The maximum absolute atomic E-state index is 10.4. The summed E-state index contributed by atoms with van der Waals surface area (Å²) < 4.78 is 0. The van der Waals surface area contributed by atoms with Gasteiger partial charge < -0.3 is 5.11 Å². The van der Waals surface area contributed by atoms with Crippen LogP contribution in [0.15, 0.2) is 24.3 Å². The molecule has 0 spiro atoms. The molecule has 3 heteroatoms.